The Morgan fingerprint density at radius 1 is 1.44 bits per heavy atom. The highest BCUT2D eigenvalue weighted by Gasteiger charge is 1.64. The predicted octanol–water partition coefficient (Wildman–Crippen LogP) is 1.17. The van der Waals surface area contributed by atoms with E-state index in [4.69, 9.17) is 10.5 Å². The predicted molar refractivity (Wildman–Crippen MR) is 41.4 cm³/mol. The molecule has 56 valence electrons. The molecule has 0 saturated carbocycles. The quantitative estimate of drug-likeness (QED) is 0.584. The highest BCUT2D eigenvalue weighted by Crippen LogP contribution is 1.64. The van der Waals surface area contributed by atoms with Crippen molar-refractivity contribution < 1.29 is 4.74 Å². The first kappa shape index (κ1) is 11.5. The standard InChI is InChI=1S/C4H10O.C3H7N/c1-3-5-4-2;1-2-3-4/h3-4H2,1-2H3;2H,1,3-4H2. The van der Waals surface area contributed by atoms with E-state index in [0.29, 0.717) is 6.54 Å². The highest BCUT2D eigenvalue weighted by molar-refractivity contribution is 4.64. The van der Waals surface area contributed by atoms with Crippen LogP contribution in [0.25, 0.3) is 0 Å². The summed E-state index contributed by atoms with van der Waals surface area (Å²) in [6.07, 6.45) is 1.65. The van der Waals surface area contributed by atoms with Gasteiger partial charge in [0.15, 0.2) is 0 Å². The average molecular weight is 131 g/mol. The Hall–Kier alpha value is -0.340. The van der Waals surface area contributed by atoms with Gasteiger partial charge < -0.3 is 10.5 Å². The molecule has 0 unspecified atom stereocenters. The average Bonchev–Trinajstić information content (AvgIpc) is 1.91. The van der Waals surface area contributed by atoms with Gasteiger partial charge in [0.1, 0.15) is 0 Å². The van der Waals surface area contributed by atoms with Crippen LogP contribution in [0.15, 0.2) is 12.7 Å². The minimum absolute atomic E-state index is 0.583. The summed E-state index contributed by atoms with van der Waals surface area (Å²) in [6, 6.07) is 0. The topological polar surface area (TPSA) is 35.2 Å². The number of nitrogens with two attached hydrogens (primary N) is 1. The molecule has 0 atom stereocenters. The van der Waals surface area contributed by atoms with Crippen molar-refractivity contribution in [3.05, 3.63) is 12.7 Å². The van der Waals surface area contributed by atoms with E-state index in [0.717, 1.165) is 13.2 Å². The van der Waals surface area contributed by atoms with Gasteiger partial charge in [0, 0.05) is 19.8 Å². The monoisotopic (exact) mass is 131 g/mol. The van der Waals surface area contributed by atoms with E-state index in [-0.39, 0.29) is 0 Å². The van der Waals surface area contributed by atoms with Gasteiger partial charge in [-0.3, -0.25) is 0 Å². The first-order valence-electron chi connectivity index (χ1n) is 3.22. The molecule has 0 fully saturated rings. The molecule has 0 radical (unpaired) electrons. The molecule has 0 heterocycles. The van der Waals surface area contributed by atoms with Crippen molar-refractivity contribution in [2.75, 3.05) is 19.8 Å². The molecule has 0 bridgehead atoms. The summed E-state index contributed by atoms with van der Waals surface area (Å²) < 4.78 is 4.83. The highest BCUT2D eigenvalue weighted by atomic mass is 16.5. The summed E-state index contributed by atoms with van der Waals surface area (Å²) in [5.41, 5.74) is 4.91. The summed E-state index contributed by atoms with van der Waals surface area (Å²) in [6.45, 7) is 9.60. The van der Waals surface area contributed by atoms with Crippen LogP contribution in [0, 0.1) is 0 Å². The maximum Gasteiger partial charge on any atom is 0.0437 e. The van der Waals surface area contributed by atoms with Crippen LogP contribution in [0.5, 0.6) is 0 Å². The van der Waals surface area contributed by atoms with E-state index < -0.39 is 0 Å². The third-order valence-electron chi connectivity index (χ3n) is 0.575. The zero-order chi connectivity index (χ0) is 7.54. The lowest BCUT2D eigenvalue weighted by molar-refractivity contribution is 0.162. The van der Waals surface area contributed by atoms with Crippen LogP contribution in [0.2, 0.25) is 0 Å². The second-order valence-corrected chi connectivity index (χ2v) is 1.31. The minimum atomic E-state index is 0.583. The Bertz CT molecular complexity index is 44.2. The third-order valence-corrected chi connectivity index (χ3v) is 0.575. The number of rotatable bonds is 3. The molecule has 2 nitrogen and oxygen atoms in total. The molecule has 2 heteroatoms. The lowest BCUT2D eigenvalue weighted by Crippen LogP contribution is -1.90. The molecule has 0 aromatic carbocycles. The molecule has 9 heavy (non-hydrogen) atoms. The summed E-state index contributed by atoms with van der Waals surface area (Å²) in [7, 11) is 0. The van der Waals surface area contributed by atoms with Crippen LogP contribution >= 0.6 is 0 Å². The Morgan fingerprint density at radius 3 is 1.78 bits per heavy atom. The third kappa shape index (κ3) is 34.7. The van der Waals surface area contributed by atoms with Gasteiger partial charge in [0.25, 0.3) is 0 Å². The Kier molecular flexibility index (Phi) is 19.9. The second-order valence-electron chi connectivity index (χ2n) is 1.31. The van der Waals surface area contributed by atoms with Gasteiger partial charge in [-0.15, -0.1) is 6.58 Å². The SMILES string of the molecule is C=CCN.CCOCC. The van der Waals surface area contributed by atoms with Gasteiger partial charge in [0.05, 0.1) is 0 Å². The molecule has 0 aliphatic rings. The van der Waals surface area contributed by atoms with Crippen LogP contribution in [-0.2, 0) is 4.74 Å². The molecule has 0 amide bonds. The Morgan fingerprint density at radius 2 is 1.78 bits per heavy atom. The molecule has 0 aliphatic heterocycles. The van der Waals surface area contributed by atoms with Crippen LogP contribution in [0.3, 0.4) is 0 Å². The molecule has 0 aliphatic carbocycles. The fourth-order valence-corrected chi connectivity index (χ4v) is 0.204. The van der Waals surface area contributed by atoms with Gasteiger partial charge in [-0.1, -0.05) is 6.08 Å². The lowest BCUT2D eigenvalue weighted by atomic mass is 10.7. The van der Waals surface area contributed by atoms with Crippen LogP contribution in [-0.4, -0.2) is 19.8 Å². The first-order valence-corrected chi connectivity index (χ1v) is 3.22. The van der Waals surface area contributed by atoms with Gasteiger partial charge >= 0.3 is 0 Å². The molecule has 0 rings (SSSR count). The smallest absolute Gasteiger partial charge is 0.0437 e. The van der Waals surface area contributed by atoms with Crippen molar-refractivity contribution in [1.29, 1.82) is 0 Å². The van der Waals surface area contributed by atoms with E-state index in [1.807, 2.05) is 13.8 Å². The minimum Gasteiger partial charge on any atom is -0.382 e. The normalized spacial score (nSPS) is 7.44. The van der Waals surface area contributed by atoms with Gasteiger partial charge in [-0.05, 0) is 13.8 Å². The molecule has 0 aromatic heterocycles. The van der Waals surface area contributed by atoms with Gasteiger partial charge in [-0.2, -0.15) is 0 Å². The molecular weight excluding hydrogens is 114 g/mol. The first-order chi connectivity index (χ1) is 4.33. The van der Waals surface area contributed by atoms with Crippen LogP contribution < -0.4 is 5.73 Å². The van der Waals surface area contributed by atoms with Crippen LogP contribution in [0.1, 0.15) is 13.8 Å². The Labute approximate surface area is 57.7 Å². The van der Waals surface area contributed by atoms with Crippen molar-refractivity contribution in [3.63, 3.8) is 0 Å². The van der Waals surface area contributed by atoms with E-state index in [1.54, 1.807) is 6.08 Å². The maximum absolute atomic E-state index is 4.91. The zero-order valence-electron chi connectivity index (χ0n) is 6.39. The van der Waals surface area contributed by atoms with Crippen LogP contribution in [0.4, 0.5) is 0 Å². The van der Waals surface area contributed by atoms with E-state index in [9.17, 15) is 0 Å². The summed E-state index contributed by atoms with van der Waals surface area (Å²) in [5.74, 6) is 0. The maximum atomic E-state index is 4.91. The van der Waals surface area contributed by atoms with E-state index in [2.05, 4.69) is 6.58 Å². The molecule has 0 saturated heterocycles. The number of ether oxygens (including phenoxy) is 1. The van der Waals surface area contributed by atoms with Gasteiger partial charge in [0.2, 0.25) is 0 Å². The summed E-state index contributed by atoms with van der Waals surface area (Å²) in [4.78, 5) is 0. The largest absolute Gasteiger partial charge is 0.382 e. The lowest BCUT2D eigenvalue weighted by Gasteiger charge is -1.86. The summed E-state index contributed by atoms with van der Waals surface area (Å²) in [5, 5.41) is 0. The van der Waals surface area contributed by atoms with Crippen molar-refractivity contribution in [2.24, 2.45) is 5.73 Å². The second kappa shape index (κ2) is 15.6. The van der Waals surface area contributed by atoms with Crippen molar-refractivity contribution in [1.82, 2.24) is 0 Å². The fraction of sp³-hybridized carbons (Fsp3) is 0.714. The number of hydrogen-bond acceptors (Lipinski definition) is 2. The van der Waals surface area contributed by atoms with Crippen molar-refractivity contribution in [3.8, 4) is 0 Å². The van der Waals surface area contributed by atoms with Crippen molar-refractivity contribution >= 4 is 0 Å². The van der Waals surface area contributed by atoms with Gasteiger partial charge in [-0.25, -0.2) is 0 Å². The number of hydrogen-bond donors (Lipinski definition) is 1. The zero-order valence-corrected chi connectivity index (χ0v) is 6.39. The summed E-state index contributed by atoms with van der Waals surface area (Å²) >= 11 is 0. The van der Waals surface area contributed by atoms with Crippen molar-refractivity contribution in [2.45, 2.75) is 13.8 Å². The fourth-order valence-electron chi connectivity index (χ4n) is 0.204. The molecule has 0 spiro atoms. The molecule has 2 N–H and O–H groups in total. The Balaban J connectivity index is 0. The van der Waals surface area contributed by atoms with E-state index >= 15 is 0 Å². The van der Waals surface area contributed by atoms with E-state index in [1.165, 1.54) is 0 Å². The molecular formula is C7H17NO. The molecule has 0 aromatic rings.